The lowest BCUT2D eigenvalue weighted by molar-refractivity contribution is -0.137. The van der Waals surface area contributed by atoms with Crippen molar-refractivity contribution < 1.29 is 9.53 Å². The van der Waals surface area contributed by atoms with Crippen LogP contribution >= 0.6 is 0 Å². The van der Waals surface area contributed by atoms with Crippen molar-refractivity contribution in [1.82, 2.24) is 0 Å². The van der Waals surface area contributed by atoms with Crippen molar-refractivity contribution in [3.8, 4) is 0 Å². The molecule has 0 aromatic heterocycles. The fraction of sp³-hybridized carbons (Fsp3) is 0.357. The van der Waals surface area contributed by atoms with E-state index >= 15 is 0 Å². The molecule has 0 aliphatic rings. The number of carbonyl (C=O) groups excluding carboxylic acids is 1. The van der Waals surface area contributed by atoms with E-state index in [9.17, 15) is 4.79 Å². The first kappa shape index (κ1) is 12.5. The summed E-state index contributed by atoms with van der Waals surface area (Å²) in [4.78, 5) is 11.4. The number of benzene rings is 1. The van der Waals surface area contributed by atoms with Crippen LogP contribution in [0.25, 0.3) is 5.57 Å². The first-order valence-electron chi connectivity index (χ1n) is 5.61. The summed E-state index contributed by atoms with van der Waals surface area (Å²) >= 11 is 0. The molecule has 0 fully saturated rings. The first-order chi connectivity index (χ1) is 7.67. The summed E-state index contributed by atoms with van der Waals surface area (Å²) < 4.78 is 4.91. The van der Waals surface area contributed by atoms with Gasteiger partial charge >= 0.3 is 5.97 Å². The van der Waals surface area contributed by atoms with Gasteiger partial charge in [0.15, 0.2) is 0 Å². The van der Waals surface area contributed by atoms with E-state index in [4.69, 9.17) is 4.74 Å². The molecule has 0 bridgehead atoms. The summed E-state index contributed by atoms with van der Waals surface area (Å²) in [6.45, 7) is 6.30. The van der Waals surface area contributed by atoms with E-state index in [0.29, 0.717) is 6.61 Å². The normalized spacial score (nSPS) is 11.3. The molecule has 16 heavy (non-hydrogen) atoms. The Balaban J connectivity index is 2.94. The standard InChI is InChI=1S/C14H18O2/c1-4-12(10-14(15)16-5-2)13-8-6-7-11(3)9-13/h6-10H,4-5H2,1-3H3/b12-10-. The van der Waals surface area contributed by atoms with Crippen molar-refractivity contribution in [3.63, 3.8) is 0 Å². The van der Waals surface area contributed by atoms with Crippen LogP contribution in [0.2, 0.25) is 0 Å². The van der Waals surface area contributed by atoms with Gasteiger partial charge in [0, 0.05) is 6.08 Å². The zero-order chi connectivity index (χ0) is 12.0. The molecule has 0 saturated carbocycles. The molecule has 0 N–H and O–H groups in total. The van der Waals surface area contributed by atoms with Crippen molar-refractivity contribution in [2.75, 3.05) is 6.61 Å². The van der Waals surface area contributed by atoms with Gasteiger partial charge in [0.2, 0.25) is 0 Å². The number of allylic oxidation sites excluding steroid dienone is 1. The molecule has 0 aliphatic heterocycles. The highest BCUT2D eigenvalue weighted by molar-refractivity contribution is 5.91. The monoisotopic (exact) mass is 218 g/mol. The number of hydrogen-bond donors (Lipinski definition) is 0. The maximum atomic E-state index is 11.4. The molecular formula is C14H18O2. The highest BCUT2D eigenvalue weighted by Gasteiger charge is 2.03. The van der Waals surface area contributed by atoms with Crippen molar-refractivity contribution in [2.24, 2.45) is 0 Å². The minimum Gasteiger partial charge on any atom is -0.463 e. The van der Waals surface area contributed by atoms with Crippen LogP contribution in [0, 0.1) is 6.92 Å². The second kappa shape index (κ2) is 6.11. The third-order valence-electron chi connectivity index (χ3n) is 2.35. The topological polar surface area (TPSA) is 26.3 Å². The van der Waals surface area contributed by atoms with Gasteiger partial charge in [-0.05, 0) is 31.4 Å². The summed E-state index contributed by atoms with van der Waals surface area (Å²) in [5, 5.41) is 0. The van der Waals surface area contributed by atoms with Gasteiger partial charge in [0.1, 0.15) is 0 Å². The molecule has 0 spiro atoms. The zero-order valence-electron chi connectivity index (χ0n) is 10.1. The van der Waals surface area contributed by atoms with E-state index in [1.807, 2.05) is 39.0 Å². The second-order valence-corrected chi connectivity index (χ2v) is 3.64. The molecule has 0 atom stereocenters. The van der Waals surface area contributed by atoms with Gasteiger partial charge in [-0.2, -0.15) is 0 Å². The van der Waals surface area contributed by atoms with Crippen LogP contribution in [-0.2, 0) is 9.53 Å². The number of esters is 1. The molecule has 0 unspecified atom stereocenters. The van der Waals surface area contributed by atoms with Gasteiger partial charge in [-0.15, -0.1) is 0 Å². The first-order valence-corrected chi connectivity index (χ1v) is 5.61. The van der Waals surface area contributed by atoms with Gasteiger partial charge in [-0.3, -0.25) is 0 Å². The summed E-state index contributed by atoms with van der Waals surface area (Å²) in [7, 11) is 0. The van der Waals surface area contributed by atoms with Crippen molar-refractivity contribution in [2.45, 2.75) is 27.2 Å². The Hall–Kier alpha value is -1.57. The Morgan fingerprint density at radius 2 is 2.12 bits per heavy atom. The van der Waals surface area contributed by atoms with E-state index in [0.717, 1.165) is 17.6 Å². The maximum absolute atomic E-state index is 11.4. The van der Waals surface area contributed by atoms with Crippen LogP contribution in [-0.4, -0.2) is 12.6 Å². The lowest BCUT2D eigenvalue weighted by atomic mass is 10.0. The predicted octanol–water partition coefficient (Wildman–Crippen LogP) is 3.35. The molecule has 1 rings (SSSR count). The fourth-order valence-corrected chi connectivity index (χ4v) is 1.56. The summed E-state index contributed by atoms with van der Waals surface area (Å²) in [6.07, 6.45) is 2.40. The quantitative estimate of drug-likeness (QED) is 0.572. The van der Waals surface area contributed by atoms with Gasteiger partial charge in [0.25, 0.3) is 0 Å². The van der Waals surface area contributed by atoms with Crippen molar-refractivity contribution in [1.29, 1.82) is 0 Å². The molecule has 86 valence electrons. The average Bonchev–Trinajstić information content (AvgIpc) is 2.26. The van der Waals surface area contributed by atoms with Gasteiger partial charge in [0.05, 0.1) is 6.61 Å². The zero-order valence-corrected chi connectivity index (χ0v) is 10.1. The molecule has 0 amide bonds. The smallest absolute Gasteiger partial charge is 0.331 e. The minimum atomic E-state index is -0.263. The van der Waals surface area contributed by atoms with Gasteiger partial charge < -0.3 is 4.74 Å². The summed E-state index contributed by atoms with van der Waals surface area (Å²) in [5.41, 5.74) is 3.30. The SMILES string of the molecule is CCOC(=O)/C=C(/CC)c1cccc(C)c1. The van der Waals surface area contributed by atoms with E-state index in [1.165, 1.54) is 5.56 Å². The highest BCUT2D eigenvalue weighted by atomic mass is 16.5. The molecule has 1 aromatic rings. The molecule has 0 aliphatic carbocycles. The van der Waals surface area contributed by atoms with Gasteiger partial charge in [-0.1, -0.05) is 36.8 Å². The third kappa shape index (κ3) is 3.54. The lowest BCUT2D eigenvalue weighted by Gasteiger charge is -2.06. The Labute approximate surface area is 96.9 Å². The van der Waals surface area contributed by atoms with Crippen molar-refractivity contribution in [3.05, 3.63) is 41.5 Å². The van der Waals surface area contributed by atoms with Crippen LogP contribution in [0.4, 0.5) is 0 Å². The molecule has 0 radical (unpaired) electrons. The van der Waals surface area contributed by atoms with E-state index in [-0.39, 0.29) is 5.97 Å². The van der Waals surface area contributed by atoms with Crippen LogP contribution in [0.15, 0.2) is 30.3 Å². The number of rotatable bonds is 4. The highest BCUT2D eigenvalue weighted by Crippen LogP contribution is 2.19. The van der Waals surface area contributed by atoms with Gasteiger partial charge in [-0.25, -0.2) is 4.79 Å². The number of hydrogen-bond acceptors (Lipinski definition) is 2. The maximum Gasteiger partial charge on any atom is 0.331 e. The average molecular weight is 218 g/mol. The number of aryl methyl sites for hydroxylation is 1. The molecule has 0 heterocycles. The van der Waals surface area contributed by atoms with Crippen LogP contribution in [0.5, 0.6) is 0 Å². The fourth-order valence-electron chi connectivity index (χ4n) is 1.56. The minimum absolute atomic E-state index is 0.263. The molecule has 1 aromatic carbocycles. The Morgan fingerprint density at radius 1 is 1.38 bits per heavy atom. The summed E-state index contributed by atoms with van der Waals surface area (Å²) in [6, 6.07) is 8.14. The predicted molar refractivity (Wildman–Crippen MR) is 66.1 cm³/mol. The number of ether oxygens (including phenoxy) is 1. The second-order valence-electron chi connectivity index (χ2n) is 3.64. The van der Waals surface area contributed by atoms with Crippen molar-refractivity contribution >= 4 is 11.5 Å². The summed E-state index contributed by atoms with van der Waals surface area (Å²) in [5.74, 6) is -0.263. The molecule has 0 saturated heterocycles. The largest absolute Gasteiger partial charge is 0.463 e. The van der Waals surface area contributed by atoms with E-state index < -0.39 is 0 Å². The molecular weight excluding hydrogens is 200 g/mol. The third-order valence-corrected chi connectivity index (χ3v) is 2.35. The Kier molecular flexibility index (Phi) is 4.77. The van der Waals surface area contributed by atoms with E-state index in [1.54, 1.807) is 6.08 Å². The molecule has 2 nitrogen and oxygen atoms in total. The Bertz CT molecular complexity index is 391. The number of carbonyl (C=O) groups is 1. The van der Waals surface area contributed by atoms with Crippen LogP contribution < -0.4 is 0 Å². The lowest BCUT2D eigenvalue weighted by Crippen LogP contribution is -2.00. The van der Waals surface area contributed by atoms with Crippen LogP contribution in [0.1, 0.15) is 31.4 Å². The molecule has 2 heteroatoms. The Morgan fingerprint density at radius 3 is 2.69 bits per heavy atom. The van der Waals surface area contributed by atoms with E-state index in [2.05, 4.69) is 6.07 Å². The van der Waals surface area contributed by atoms with Crippen LogP contribution in [0.3, 0.4) is 0 Å².